The first kappa shape index (κ1) is 23.9. The third-order valence-electron chi connectivity index (χ3n) is 3.73. The van der Waals surface area contributed by atoms with Gasteiger partial charge >= 0.3 is 12.1 Å². The Balaban J connectivity index is 0.000000480. The van der Waals surface area contributed by atoms with Crippen LogP contribution in [0.1, 0.15) is 12.8 Å². The minimum atomic E-state index is -5.08. The van der Waals surface area contributed by atoms with Gasteiger partial charge in [0.05, 0.1) is 5.02 Å². The van der Waals surface area contributed by atoms with Crippen molar-refractivity contribution in [1.82, 2.24) is 10.4 Å². The zero-order valence-electron chi connectivity index (χ0n) is 14.6. The Morgan fingerprint density at radius 1 is 1.32 bits per heavy atom. The van der Waals surface area contributed by atoms with Gasteiger partial charge in [-0.25, -0.2) is 14.2 Å². The molecule has 158 valence electrons. The molecular weight excluding hydrogens is 410 g/mol. The summed E-state index contributed by atoms with van der Waals surface area (Å²) in [5.41, 5.74) is 8.39. The molecule has 28 heavy (non-hydrogen) atoms. The van der Waals surface area contributed by atoms with Gasteiger partial charge < -0.3 is 15.6 Å². The number of nitrogens with zero attached hydrogens (tertiary/aromatic N) is 1. The fraction of sp³-hybridized carbons (Fsp3) is 0.500. The number of benzene rings is 1. The van der Waals surface area contributed by atoms with Crippen LogP contribution in [-0.4, -0.2) is 54.4 Å². The number of hydrogen-bond acceptors (Lipinski definition) is 5. The van der Waals surface area contributed by atoms with Gasteiger partial charge in [0.1, 0.15) is 11.6 Å². The summed E-state index contributed by atoms with van der Waals surface area (Å²) in [5.74, 6) is -2.79. The molecule has 1 aromatic carbocycles. The highest BCUT2D eigenvalue weighted by Crippen LogP contribution is 2.20. The van der Waals surface area contributed by atoms with Crippen LogP contribution in [0.4, 0.5) is 17.6 Å². The van der Waals surface area contributed by atoms with E-state index in [4.69, 9.17) is 32.0 Å². The van der Waals surface area contributed by atoms with Crippen LogP contribution in [0.3, 0.4) is 0 Å². The first-order chi connectivity index (χ1) is 13.0. The molecular formula is C16H20ClF4N3O4. The van der Waals surface area contributed by atoms with E-state index in [2.05, 4.69) is 5.43 Å². The summed E-state index contributed by atoms with van der Waals surface area (Å²) in [6, 6.07) is 4.06. The van der Waals surface area contributed by atoms with Crippen LogP contribution in [0.25, 0.3) is 0 Å². The number of alkyl halides is 3. The Labute approximate surface area is 163 Å². The van der Waals surface area contributed by atoms with Gasteiger partial charge in [-0.15, -0.1) is 0 Å². The van der Waals surface area contributed by atoms with Gasteiger partial charge in [-0.3, -0.25) is 10.2 Å². The molecule has 12 heteroatoms. The number of ether oxygens (including phenoxy) is 1. The molecule has 1 aromatic rings. The lowest BCUT2D eigenvalue weighted by Gasteiger charge is -2.31. The van der Waals surface area contributed by atoms with E-state index < -0.39 is 18.0 Å². The van der Waals surface area contributed by atoms with Crippen molar-refractivity contribution in [3.63, 3.8) is 0 Å². The highest BCUT2D eigenvalue weighted by molar-refractivity contribution is 6.30. The molecule has 0 radical (unpaired) electrons. The van der Waals surface area contributed by atoms with Gasteiger partial charge in [-0.1, -0.05) is 11.6 Å². The lowest BCUT2D eigenvalue weighted by atomic mass is 9.98. The average Bonchev–Trinajstić information content (AvgIpc) is 2.63. The van der Waals surface area contributed by atoms with E-state index >= 15 is 0 Å². The number of carbonyl (C=O) groups excluding carboxylic acids is 1. The second-order valence-corrected chi connectivity index (χ2v) is 6.28. The summed E-state index contributed by atoms with van der Waals surface area (Å²) in [4.78, 5) is 20.7. The van der Waals surface area contributed by atoms with Crippen LogP contribution in [0.2, 0.25) is 5.02 Å². The third-order valence-corrected chi connectivity index (χ3v) is 4.04. The number of carbonyl (C=O) groups is 2. The van der Waals surface area contributed by atoms with Crippen LogP contribution in [0.5, 0.6) is 5.75 Å². The maximum absolute atomic E-state index is 13.2. The Morgan fingerprint density at radius 3 is 2.36 bits per heavy atom. The lowest BCUT2D eigenvalue weighted by Crippen LogP contribution is -2.48. The summed E-state index contributed by atoms with van der Waals surface area (Å²) >= 11 is 5.57. The molecule has 0 unspecified atom stereocenters. The lowest BCUT2D eigenvalue weighted by molar-refractivity contribution is -0.192. The minimum absolute atomic E-state index is 0.0228. The number of halogens is 5. The fourth-order valence-electron chi connectivity index (χ4n) is 2.20. The molecule has 1 saturated heterocycles. The van der Waals surface area contributed by atoms with Crippen molar-refractivity contribution in [2.24, 2.45) is 11.7 Å². The number of carboxylic acid groups (broad SMARTS) is 1. The van der Waals surface area contributed by atoms with Gasteiger partial charge in [0.2, 0.25) is 0 Å². The number of rotatable bonds is 5. The second kappa shape index (κ2) is 11.0. The minimum Gasteiger partial charge on any atom is -0.484 e. The van der Waals surface area contributed by atoms with E-state index in [9.17, 15) is 22.4 Å². The maximum atomic E-state index is 13.2. The highest BCUT2D eigenvalue weighted by atomic mass is 35.5. The zero-order chi connectivity index (χ0) is 21.3. The van der Waals surface area contributed by atoms with E-state index in [1.165, 1.54) is 12.1 Å². The van der Waals surface area contributed by atoms with Gasteiger partial charge in [-0.2, -0.15) is 13.2 Å². The van der Waals surface area contributed by atoms with Crippen molar-refractivity contribution < 1.29 is 37.0 Å². The predicted octanol–water partition coefficient (Wildman–Crippen LogP) is 2.19. The summed E-state index contributed by atoms with van der Waals surface area (Å²) in [7, 11) is 0. The van der Waals surface area contributed by atoms with Gasteiger partial charge in [0.25, 0.3) is 5.91 Å². The number of hydrogen-bond donors (Lipinski definition) is 3. The quantitative estimate of drug-likeness (QED) is 0.620. The van der Waals surface area contributed by atoms with Crippen LogP contribution in [0, 0.1) is 11.7 Å². The predicted molar refractivity (Wildman–Crippen MR) is 92.1 cm³/mol. The molecule has 0 aromatic heterocycles. The highest BCUT2D eigenvalue weighted by Gasteiger charge is 2.38. The van der Waals surface area contributed by atoms with Crippen LogP contribution < -0.4 is 15.9 Å². The van der Waals surface area contributed by atoms with Gasteiger partial charge in [0, 0.05) is 19.2 Å². The molecule has 1 aliphatic heterocycles. The van der Waals surface area contributed by atoms with Crippen LogP contribution in [0.15, 0.2) is 18.2 Å². The molecule has 0 atom stereocenters. The van der Waals surface area contributed by atoms with E-state index in [0.717, 1.165) is 32.0 Å². The summed E-state index contributed by atoms with van der Waals surface area (Å²) in [6.07, 6.45) is -3.14. The van der Waals surface area contributed by atoms with E-state index in [0.29, 0.717) is 12.5 Å². The van der Waals surface area contributed by atoms with Gasteiger partial charge in [0.15, 0.2) is 6.61 Å². The number of piperidine rings is 1. The van der Waals surface area contributed by atoms with E-state index in [-0.39, 0.29) is 23.3 Å². The molecule has 4 N–H and O–H groups in total. The summed E-state index contributed by atoms with van der Waals surface area (Å²) < 4.78 is 50.2. The van der Waals surface area contributed by atoms with Crippen LogP contribution in [-0.2, 0) is 9.59 Å². The van der Waals surface area contributed by atoms with Gasteiger partial charge in [-0.05, 0) is 37.4 Å². The molecule has 1 amide bonds. The molecule has 1 fully saturated rings. The van der Waals surface area contributed by atoms with Crippen molar-refractivity contribution in [3.05, 3.63) is 29.0 Å². The zero-order valence-corrected chi connectivity index (χ0v) is 15.4. The molecule has 0 aliphatic carbocycles. The summed E-state index contributed by atoms with van der Waals surface area (Å²) in [5, 5.41) is 9.01. The third kappa shape index (κ3) is 8.72. The van der Waals surface area contributed by atoms with E-state index in [1.54, 1.807) is 0 Å². The van der Waals surface area contributed by atoms with Crippen LogP contribution >= 0.6 is 11.6 Å². The normalized spacial score (nSPS) is 15.4. The van der Waals surface area contributed by atoms with Crippen molar-refractivity contribution in [3.8, 4) is 5.75 Å². The van der Waals surface area contributed by atoms with Crippen molar-refractivity contribution in [2.45, 2.75) is 19.0 Å². The maximum Gasteiger partial charge on any atom is 0.490 e. The molecule has 1 aliphatic rings. The standard InChI is InChI=1S/C14H19ClFN3O2.C2HF3O2/c15-12-2-1-11(7-13(12)16)21-9-14(20)18-19-5-3-10(8-17)4-6-19;3-2(4,5)1(6)7/h1-2,7,10H,3-6,8-9,17H2,(H,18,20);(H,6,7). The molecule has 2 rings (SSSR count). The van der Waals surface area contributed by atoms with Crippen molar-refractivity contribution >= 4 is 23.5 Å². The Morgan fingerprint density at radius 2 is 1.89 bits per heavy atom. The number of nitrogens with one attached hydrogen (secondary N) is 1. The number of carboxylic acids is 1. The fourth-order valence-corrected chi connectivity index (χ4v) is 2.32. The Hall–Kier alpha value is -2.11. The molecule has 1 heterocycles. The SMILES string of the molecule is NCC1CCN(NC(=O)COc2ccc(Cl)c(F)c2)CC1.O=C(O)C(F)(F)F. The molecule has 0 bridgehead atoms. The smallest absolute Gasteiger partial charge is 0.484 e. The second-order valence-electron chi connectivity index (χ2n) is 5.87. The average molecular weight is 430 g/mol. The first-order valence-corrected chi connectivity index (χ1v) is 8.53. The van der Waals surface area contributed by atoms with E-state index in [1.807, 2.05) is 5.01 Å². The monoisotopic (exact) mass is 429 g/mol. The molecule has 7 nitrogen and oxygen atoms in total. The topological polar surface area (TPSA) is 105 Å². The molecule has 0 spiro atoms. The molecule has 0 saturated carbocycles. The summed E-state index contributed by atoms with van der Waals surface area (Å²) in [6.45, 7) is 2.08. The number of amides is 1. The largest absolute Gasteiger partial charge is 0.490 e. The first-order valence-electron chi connectivity index (χ1n) is 8.15. The number of hydrazine groups is 1. The number of nitrogens with two attached hydrogens (primary N) is 1. The number of aliphatic carboxylic acids is 1. The van der Waals surface area contributed by atoms with Crippen molar-refractivity contribution in [2.75, 3.05) is 26.2 Å². The van der Waals surface area contributed by atoms with Crippen molar-refractivity contribution in [1.29, 1.82) is 0 Å². The Kier molecular flexibility index (Phi) is 9.42. The Bertz CT molecular complexity index is 668.